The summed E-state index contributed by atoms with van der Waals surface area (Å²) in [4.78, 5) is 0. The number of benzene rings is 1. The number of amidine groups is 1. The van der Waals surface area contributed by atoms with Crippen LogP contribution < -0.4 is 15.2 Å². The van der Waals surface area contributed by atoms with Gasteiger partial charge in [-0.05, 0) is 36.6 Å². The first-order valence-electron chi connectivity index (χ1n) is 5.50. The normalized spacial score (nSPS) is 11.3. The monoisotopic (exact) mass is 270 g/mol. The molecule has 0 aromatic heterocycles. The van der Waals surface area contributed by atoms with Gasteiger partial charge in [-0.1, -0.05) is 5.16 Å². The van der Waals surface area contributed by atoms with Gasteiger partial charge in [0.25, 0.3) is 0 Å². The summed E-state index contributed by atoms with van der Waals surface area (Å²) in [5.41, 5.74) is 6.10. The average molecular weight is 270 g/mol. The van der Waals surface area contributed by atoms with Gasteiger partial charge in [-0.3, -0.25) is 0 Å². The molecule has 0 unspecified atom stereocenters. The largest absolute Gasteiger partial charge is 0.493 e. The minimum absolute atomic E-state index is 0.0437. The second-order valence-electron chi connectivity index (χ2n) is 3.55. The van der Waals surface area contributed by atoms with Crippen molar-refractivity contribution in [2.24, 2.45) is 10.9 Å². The quantitative estimate of drug-likeness (QED) is 0.260. The molecule has 0 amide bonds. The van der Waals surface area contributed by atoms with E-state index in [0.29, 0.717) is 23.7 Å². The highest BCUT2D eigenvalue weighted by Crippen LogP contribution is 2.28. The zero-order valence-electron chi connectivity index (χ0n) is 10.5. The molecule has 6 heteroatoms. The van der Waals surface area contributed by atoms with Gasteiger partial charge in [0.05, 0.1) is 13.7 Å². The standard InChI is InChI=1S/C12H18N2O3S/c1-16-11-8-9(12(13)14-15)4-5-10(11)17-6-3-7-18-2/h4-5,8,15H,3,6-7H2,1-2H3,(H2,13,14). The molecule has 0 fully saturated rings. The lowest BCUT2D eigenvalue weighted by atomic mass is 10.2. The van der Waals surface area contributed by atoms with Gasteiger partial charge in [0, 0.05) is 5.56 Å². The summed E-state index contributed by atoms with van der Waals surface area (Å²) in [6.07, 6.45) is 3.04. The predicted molar refractivity (Wildman–Crippen MR) is 74.0 cm³/mol. The Morgan fingerprint density at radius 1 is 1.44 bits per heavy atom. The molecule has 1 rings (SSSR count). The molecule has 1 aromatic rings. The van der Waals surface area contributed by atoms with Crippen molar-refractivity contribution in [3.8, 4) is 11.5 Å². The molecular weight excluding hydrogens is 252 g/mol. The van der Waals surface area contributed by atoms with Crippen molar-refractivity contribution in [1.29, 1.82) is 0 Å². The molecule has 0 aliphatic rings. The van der Waals surface area contributed by atoms with Gasteiger partial charge in [0.15, 0.2) is 17.3 Å². The van der Waals surface area contributed by atoms with Crippen molar-refractivity contribution in [3.63, 3.8) is 0 Å². The molecule has 0 bridgehead atoms. The third-order valence-electron chi connectivity index (χ3n) is 2.32. The number of methoxy groups -OCH3 is 1. The summed E-state index contributed by atoms with van der Waals surface area (Å²) in [5, 5.41) is 11.6. The van der Waals surface area contributed by atoms with E-state index >= 15 is 0 Å². The number of ether oxygens (including phenoxy) is 2. The molecule has 0 aliphatic heterocycles. The summed E-state index contributed by atoms with van der Waals surface area (Å²) in [6, 6.07) is 5.16. The van der Waals surface area contributed by atoms with Crippen molar-refractivity contribution in [1.82, 2.24) is 0 Å². The van der Waals surface area contributed by atoms with Crippen LogP contribution in [0.4, 0.5) is 0 Å². The zero-order chi connectivity index (χ0) is 13.4. The third kappa shape index (κ3) is 4.03. The van der Waals surface area contributed by atoms with Crippen LogP contribution in [0.25, 0.3) is 0 Å². The Kier molecular flexibility index (Phi) is 6.21. The lowest BCUT2D eigenvalue weighted by Crippen LogP contribution is -2.13. The molecule has 100 valence electrons. The van der Waals surface area contributed by atoms with Gasteiger partial charge in [-0.25, -0.2) is 0 Å². The molecule has 0 saturated carbocycles. The fourth-order valence-corrected chi connectivity index (χ4v) is 1.80. The first-order chi connectivity index (χ1) is 8.72. The van der Waals surface area contributed by atoms with Crippen molar-refractivity contribution < 1.29 is 14.7 Å². The van der Waals surface area contributed by atoms with Crippen LogP contribution in [0.1, 0.15) is 12.0 Å². The Balaban J connectivity index is 2.74. The molecule has 0 radical (unpaired) electrons. The van der Waals surface area contributed by atoms with Crippen molar-refractivity contribution in [2.45, 2.75) is 6.42 Å². The Hall–Kier alpha value is -1.56. The van der Waals surface area contributed by atoms with Gasteiger partial charge in [-0.15, -0.1) is 0 Å². The molecule has 0 atom stereocenters. The topological polar surface area (TPSA) is 77.1 Å². The SMILES string of the molecule is COc1cc(/C(N)=N/O)ccc1OCCCSC. The minimum atomic E-state index is 0.0437. The Labute approximate surface area is 111 Å². The van der Waals surface area contributed by atoms with Gasteiger partial charge in [-0.2, -0.15) is 11.8 Å². The fraction of sp³-hybridized carbons (Fsp3) is 0.417. The van der Waals surface area contributed by atoms with Crippen LogP contribution in [-0.4, -0.2) is 36.8 Å². The van der Waals surface area contributed by atoms with E-state index in [-0.39, 0.29) is 5.84 Å². The fourth-order valence-electron chi connectivity index (χ4n) is 1.39. The summed E-state index contributed by atoms with van der Waals surface area (Å²) in [6.45, 7) is 0.639. The molecule has 0 spiro atoms. The maximum absolute atomic E-state index is 8.61. The van der Waals surface area contributed by atoms with E-state index < -0.39 is 0 Å². The van der Waals surface area contributed by atoms with Crippen LogP contribution in [0.2, 0.25) is 0 Å². The van der Waals surface area contributed by atoms with Crippen LogP contribution in [-0.2, 0) is 0 Å². The van der Waals surface area contributed by atoms with E-state index in [1.165, 1.54) is 0 Å². The Bertz CT molecular complexity index is 410. The van der Waals surface area contributed by atoms with Gasteiger partial charge < -0.3 is 20.4 Å². The van der Waals surface area contributed by atoms with Crippen LogP contribution in [0.15, 0.2) is 23.4 Å². The first-order valence-corrected chi connectivity index (χ1v) is 6.90. The maximum Gasteiger partial charge on any atom is 0.170 e. The van der Waals surface area contributed by atoms with Crippen molar-refractivity contribution >= 4 is 17.6 Å². The number of rotatable bonds is 7. The van der Waals surface area contributed by atoms with Crippen LogP contribution >= 0.6 is 11.8 Å². The number of hydrogen-bond acceptors (Lipinski definition) is 5. The minimum Gasteiger partial charge on any atom is -0.493 e. The zero-order valence-corrected chi connectivity index (χ0v) is 11.4. The number of oxime groups is 1. The molecule has 3 N–H and O–H groups in total. The third-order valence-corrected chi connectivity index (χ3v) is 3.01. The van der Waals surface area contributed by atoms with Crippen LogP contribution in [0.3, 0.4) is 0 Å². The van der Waals surface area contributed by atoms with Crippen molar-refractivity contribution in [3.05, 3.63) is 23.8 Å². The van der Waals surface area contributed by atoms with Crippen LogP contribution in [0, 0.1) is 0 Å². The second-order valence-corrected chi connectivity index (χ2v) is 4.53. The Morgan fingerprint density at radius 2 is 2.22 bits per heavy atom. The molecule has 0 saturated heterocycles. The number of nitrogens with zero attached hydrogens (tertiary/aromatic N) is 1. The molecular formula is C12H18N2O3S. The van der Waals surface area contributed by atoms with Gasteiger partial charge >= 0.3 is 0 Å². The summed E-state index contributed by atoms with van der Waals surface area (Å²) < 4.78 is 10.8. The lowest BCUT2D eigenvalue weighted by molar-refractivity contribution is 0.295. The van der Waals surface area contributed by atoms with Crippen molar-refractivity contribution in [2.75, 3.05) is 25.7 Å². The molecule has 0 heterocycles. The summed E-state index contributed by atoms with van der Waals surface area (Å²) in [7, 11) is 1.56. The number of nitrogens with two attached hydrogens (primary N) is 1. The molecule has 18 heavy (non-hydrogen) atoms. The van der Waals surface area contributed by atoms with Gasteiger partial charge in [0.2, 0.25) is 0 Å². The van der Waals surface area contributed by atoms with Gasteiger partial charge in [0.1, 0.15) is 0 Å². The Morgan fingerprint density at radius 3 is 2.83 bits per heavy atom. The lowest BCUT2D eigenvalue weighted by Gasteiger charge is -2.11. The van der Waals surface area contributed by atoms with E-state index in [2.05, 4.69) is 11.4 Å². The summed E-state index contributed by atoms with van der Waals surface area (Å²) in [5.74, 6) is 2.34. The first kappa shape index (κ1) is 14.5. The molecule has 5 nitrogen and oxygen atoms in total. The number of thioether (sulfide) groups is 1. The predicted octanol–water partition coefficient (Wildman–Crippen LogP) is 1.92. The van der Waals surface area contributed by atoms with E-state index in [4.69, 9.17) is 20.4 Å². The molecule has 1 aromatic carbocycles. The van der Waals surface area contributed by atoms with E-state index in [1.54, 1.807) is 37.1 Å². The van der Waals surface area contributed by atoms with Crippen LogP contribution in [0.5, 0.6) is 11.5 Å². The highest BCUT2D eigenvalue weighted by atomic mass is 32.2. The average Bonchev–Trinajstić information content (AvgIpc) is 2.42. The smallest absolute Gasteiger partial charge is 0.170 e. The van der Waals surface area contributed by atoms with E-state index in [1.807, 2.05) is 0 Å². The maximum atomic E-state index is 8.61. The number of hydrogen-bond donors (Lipinski definition) is 2. The van der Waals surface area contributed by atoms with E-state index in [0.717, 1.165) is 12.2 Å². The summed E-state index contributed by atoms with van der Waals surface area (Å²) >= 11 is 1.78. The highest BCUT2D eigenvalue weighted by molar-refractivity contribution is 7.98. The molecule has 0 aliphatic carbocycles. The van der Waals surface area contributed by atoms with E-state index in [9.17, 15) is 0 Å². The second kappa shape index (κ2) is 7.71. The highest BCUT2D eigenvalue weighted by Gasteiger charge is 2.08.